The van der Waals surface area contributed by atoms with Crippen LogP contribution in [-0.4, -0.2) is 49.6 Å². The summed E-state index contributed by atoms with van der Waals surface area (Å²) in [7, 11) is 0. The number of hydrogen-bond donors (Lipinski definition) is 2. The molecule has 2 aliphatic rings. The number of nitrogens with zero attached hydrogens (tertiary/aromatic N) is 1. The van der Waals surface area contributed by atoms with Crippen molar-refractivity contribution in [2.45, 2.75) is 45.1 Å². The third-order valence-electron chi connectivity index (χ3n) is 4.14. The molecule has 1 aliphatic carbocycles. The molecule has 1 heterocycles. The average Bonchev–Trinajstić information content (AvgIpc) is 2.43. The Bertz CT molecular complexity index is 327. The van der Waals surface area contributed by atoms with Crippen LogP contribution in [0.4, 0.5) is 0 Å². The Hall–Kier alpha value is -0.870. The molecule has 0 aromatic carbocycles. The number of piperazine rings is 1. The van der Waals surface area contributed by atoms with E-state index >= 15 is 0 Å². The number of allylic oxidation sites excluding steroid dienone is 1. The fourth-order valence-electron chi connectivity index (χ4n) is 2.85. The van der Waals surface area contributed by atoms with Crippen LogP contribution in [0.15, 0.2) is 11.6 Å². The van der Waals surface area contributed by atoms with Gasteiger partial charge in [-0.05, 0) is 39.0 Å². The summed E-state index contributed by atoms with van der Waals surface area (Å²) in [5, 5.41) is 6.40. The van der Waals surface area contributed by atoms with E-state index in [1.54, 1.807) is 0 Å². The molecule has 1 atom stereocenters. The van der Waals surface area contributed by atoms with Crippen LogP contribution in [0.3, 0.4) is 0 Å². The first-order valence-corrected chi connectivity index (χ1v) is 7.65. The lowest BCUT2D eigenvalue weighted by Gasteiger charge is -2.33. The molecule has 2 rings (SSSR count). The van der Waals surface area contributed by atoms with E-state index in [2.05, 4.69) is 28.5 Å². The summed E-state index contributed by atoms with van der Waals surface area (Å²) < 4.78 is 0. The van der Waals surface area contributed by atoms with Crippen LogP contribution < -0.4 is 10.6 Å². The Morgan fingerprint density at radius 3 is 3.16 bits per heavy atom. The van der Waals surface area contributed by atoms with Gasteiger partial charge in [-0.25, -0.2) is 0 Å². The standard InChI is InChI=1S/C15H27N3O/c1-13-11-16-9-10-18(13)12-15(19)17-8-7-14-5-3-2-4-6-14/h5,13,16H,2-4,6-12H2,1H3,(H,17,19)/t13-/m0/s1. The van der Waals surface area contributed by atoms with Crippen LogP contribution in [0, 0.1) is 0 Å². The summed E-state index contributed by atoms with van der Waals surface area (Å²) in [5.74, 6) is 0.171. The van der Waals surface area contributed by atoms with Crippen LogP contribution in [0.2, 0.25) is 0 Å². The van der Waals surface area contributed by atoms with Gasteiger partial charge in [-0.15, -0.1) is 0 Å². The zero-order chi connectivity index (χ0) is 13.5. The van der Waals surface area contributed by atoms with Gasteiger partial charge in [0.15, 0.2) is 0 Å². The van der Waals surface area contributed by atoms with Gasteiger partial charge in [0, 0.05) is 32.2 Å². The fraction of sp³-hybridized carbons (Fsp3) is 0.800. The lowest BCUT2D eigenvalue weighted by atomic mass is 9.97. The molecule has 4 heteroatoms. The van der Waals surface area contributed by atoms with Crippen molar-refractivity contribution in [3.8, 4) is 0 Å². The molecule has 0 saturated carbocycles. The molecule has 0 aromatic heterocycles. The maximum absolute atomic E-state index is 11.9. The molecular weight excluding hydrogens is 238 g/mol. The van der Waals surface area contributed by atoms with Gasteiger partial charge >= 0.3 is 0 Å². The van der Waals surface area contributed by atoms with Crippen LogP contribution in [0.5, 0.6) is 0 Å². The highest BCUT2D eigenvalue weighted by Crippen LogP contribution is 2.19. The van der Waals surface area contributed by atoms with E-state index in [1.165, 1.54) is 31.3 Å². The summed E-state index contributed by atoms with van der Waals surface area (Å²) >= 11 is 0. The lowest BCUT2D eigenvalue weighted by molar-refractivity contribution is -0.122. The van der Waals surface area contributed by atoms with Crippen LogP contribution >= 0.6 is 0 Å². The van der Waals surface area contributed by atoms with Crippen molar-refractivity contribution in [3.05, 3.63) is 11.6 Å². The fourth-order valence-corrected chi connectivity index (χ4v) is 2.85. The van der Waals surface area contributed by atoms with Crippen molar-refractivity contribution in [1.29, 1.82) is 0 Å². The first-order chi connectivity index (χ1) is 9.25. The second-order valence-corrected chi connectivity index (χ2v) is 5.73. The lowest BCUT2D eigenvalue weighted by Crippen LogP contribution is -2.52. The molecule has 2 N–H and O–H groups in total. The molecule has 19 heavy (non-hydrogen) atoms. The SMILES string of the molecule is C[C@H]1CNCCN1CC(=O)NCCC1=CCCCC1. The Morgan fingerprint density at radius 2 is 2.42 bits per heavy atom. The third-order valence-corrected chi connectivity index (χ3v) is 4.14. The number of nitrogens with one attached hydrogen (secondary N) is 2. The average molecular weight is 265 g/mol. The molecule has 0 bridgehead atoms. The normalized spacial score (nSPS) is 24.9. The van der Waals surface area contributed by atoms with Gasteiger partial charge in [0.25, 0.3) is 0 Å². The van der Waals surface area contributed by atoms with E-state index in [1.807, 2.05) is 0 Å². The van der Waals surface area contributed by atoms with Crippen molar-refractivity contribution in [3.63, 3.8) is 0 Å². The van der Waals surface area contributed by atoms with E-state index in [9.17, 15) is 4.79 Å². The van der Waals surface area contributed by atoms with Gasteiger partial charge < -0.3 is 10.6 Å². The third kappa shape index (κ3) is 4.96. The minimum atomic E-state index is 0.171. The topological polar surface area (TPSA) is 44.4 Å². The number of rotatable bonds is 5. The Labute approximate surface area is 116 Å². The molecule has 1 amide bonds. The number of hydrogen-bond acceptors (Lipinski definition) is 3. The summed E-state index contributed by atoms with van der Waals surface area (Å²) in [6.45, 7) is 6.46. The first kappa shape index (κ1) is 14.5. The highest BCUT2D eigenvalue weighted by atomic mass is 16.2. The highest BCUT2D eigenvalue weighted by molar-refractivity contribution is 5.78. The van der Waals surface area contributed by atoms with Gasteiger partial charge in [-0.2, -0.15) is 0 Å². The second kappa shape index (κ2) is 7.65. The Balaban J connectivity index is 1.62. The number of carbonyl (C=O) groups excluding carboxylic acids is 1. The zero-order valence-electron chi connectivity index (χ0n) is 12.1. The van der Waals surface area contributed by atoms with Crippen molar-refractivity contribution in [2.75, 3.05) is 32.7 Å². The molecule has 1 aliphatic heterocycles. The first-order valence-electron chi connectivity index (χ1n) is 7.65. The van der Waals surface area contributed by atoms with Crippen molar-refractivity contribution >= 4 is 5.91 Å². The van der Waals surface area contributed by atoms with Crippen LogP contribution in [-0.2, 0) is 4.79 Å². The van der Waals surface area contributed by atoms with Crippen LogP contribution in [0.1, 0.15) is 39.0 Å². The molecule has 0 unspecified atom stereocenters. The van der Waals surface area contributed by atoms with E-state index in [4.69, 9.17) is 0 Å². The summed E-state index contributed by atoms with van der Waals surface area (Å²) in [6.07, 6.45) is 8.48. The second-order valence-electron chi connectivity index (χ2n) is 5.73. The number of amides is 1. The number of carbonyl (C=O) groups is 1. The predicted molar refractivity (Wildman–Crippen MR) is 78.1 cm³/mol. The smallest absolute Gasteiger partial charge is 0.234 e. The van der Waals surface area contributed by atoms with Gasteiger partial charge in [0.2, 0.25) is 5.91 Å². The maximum atomic E-state index is 11.9. The summed E-state index contributed by atoms with van der Waals surface area (Å²) in [6, 6.07) is 0.459. The van der Waals surface area contributed by atoms with E-state index in [-0.39, 0.29) is 5.91 Å². The van der Waals surface area contributed by atoms with Crippen LogP contribution in [0.25, 0.3) is 0 Å². The quantitative estimate of drug-likeness (QED) is 0.736. The molecule has 4 nitrogen and oxygen atoms in total. The highest BCUT2D eigenvalue weighted by Gasteiger charge is 2.19. The minimum absolute atomic E-state index is 0.171. The molecular formula is C15H27N3O. The molecule has 108 valence electrons. The molecule has 1 fully saturated rings. The van der Waals surface area contributed by atoms with Gasteiger partial charge in [0.05, 0.1) is 6.54 Å². The van der Waals surface area contributed by atoms with E-state index in [0.717, 1.165) is 32.6 Å². The molecule has 0 radical (unpaired) electrons. The Morgan fingerprint density at radius 1 is 1.53 bits per heavy atom. The molecule has 1 saturated heterocycles. The monoisotopic (exact) mass is 265 g/mol. The van der Waals surface area contributed by atoms with Crippen molar-refractivity contribution < 1.29 is 4.79 Å². The van der Waals surface area contributed by atoms with Crippen molar-refractivity contribution in [1.82, 2.24) is 15.5 Å². The van der Waals surface area contributed by atoms with Crippen molar-refractivity contribution in [2.24, 2.45) is 0 Å². The zero-order valence-corrected chi connectivity index (χ0v) is 12.1. The Kier molecular flexibility index (Phi) is 5.86. The predicted octanol–water partition coefficient (Wildman–Crippen LogP) is 1.29. The molecule has 0 spiro atoms. The molecule has 0 aromatic rings. The van der Waals surface area contributed by atoms with Gasteiger partial charge in [-0.1, -0.05) is 11.6 Å². The summed E-state index contributed by atoms with van der Waals surface area (Å²) in [4.78, 5) is 14.2. The van der Waals surface area contributed by atoms with Gasteiger partial charge in [-0.3, -0.25) is 9.69 Å². The maximum Gasteiger partial charge on any atom is 0.234 e. The minimum Gasteiger partial charge on any atom is -0.355 e. The summed E-state index contributed by atoms with van der Waals surface area (Å²) in [5.41, 5.74) is 1.53. The van der Waals surface area contributed by atoms with E-state index in [0.29, 0.717) is 12.6 Å². The van der Waals surface area contributed by atoms with E-state index < -0.39 is 0 Å². The largest absolute Gasteiger partial charge is 0.355 e. The van der Waals surface area contributed by atoms with Gasteiger partial charge in [0.1, 0.15) is 0 Å².